The second-order valence-corrected chi connectivity index (χ2v) is 13.8. The number of anilines is 1. The fraction of sp³-hybridized carbons (Fsp3) is 0.400. The van der Waals surface area contributed by atoms with Gasteiger partial charge in [-0.3, -0.25) is 9.20 Å². The third-order valence-electron chi connectivity index (χ3n) is 7.41. The van der Waals surface area contributed by atoms with E-state index in [1.165, 1.54) is 37.4 Å². The van der Waals surface area contributed by atoms with Gasteiger partial charge in [0, 0.05) is 67.8 Å². The largest absolute Gasteiger partial charge is 0.416 e. The van der Waals surface area contributed by atoms with Crippen molar-refractivity contribution in [3.63, 3.8) is 0 Å². The lowest BCUT2D eigenvalue weighted by Crippen LogP contribution is -2.49. The molecule has 0 bridgehead atoms. The summed E-state index contributed by atoms with van der Waals surface area (Å²) in [6, 6.07) is 5.21. The first-order valence-electron chi connectivity index (χ1n) is 12.8. The number of sulfonamides is 1. The van der Waals surface area contributed by atoms with Crippen molar-refractivity contribution in [3.05, 3.63) is 62.6 Å². The normalized spacial score (nSPS) is 18.0. The number of thiazole rings is 2. The molecule has 5 heterocycles. The number of imidazole rings is 1. The lowest BCUT2D eigenvalue weighted by atomic mass is 9.99. The lowest BCUT2D eigenvalue weighted by molar-refractivity contribution is -0.137. The van der Waals surface area contributed by atoms with Crippen LogP contribution in [0.15, 0.2) is 46.2 Å². The van der Waals surface area contributed by atoms with E-state index in [0.29, 0.717) is 68.5 Å². The summed E-state index contributed by atoms with van der Waals surface area (Å²) in [5, 5.41) is 4.19. The summed E-state index contributed by atoms with van der Waals surface area (Å²) in [4.78, 5) is 25.9. The van der Waals surface area contributed by atoms with Crippen LogP contribution in [-0.2, 0) is 16.2 Å². The first kappa shape index (κ1) is 28.4. The Balaban J connectivity index is 1.06. The van der Waals surface area contributed by atoms with Crippen molar-refractivity contribution in [1.29, 1.82) is 0 Å². The SMILES string of the molecule is O=C(c1csc(C2CCN(S(=O)(=O)c3c(Cl)nc4sccn34)CC2)n1)N1CCN(c2cccc(C(F)(F)F)c2)CC1. The van der Waals surface area contributed by atoms with Crippen molar-refractivity contribution in [3.8, 4) is 0 Å². The Morgan fingerprint density at radius 3 is 2.46 bits per heavy atom. The molecular weight excluding hydrogens is 621 g/mol. The van der Waals surface area contributed by atoms with Crippen LogP contribution >= 0.6 is 34.3 Å². The summed E-state index contributed by atoms with van der Waals surface area (Å²) in [6.07, 6.45) is -1.66. The first-order valence-corrected chi connectivity index (χ1v) is 16.4. The van der Waals surface area contributed by atoms with Crippen LogP contribution < -0.4 is 4.90 Å². The molecule has 0 aliphatic carbocycles. The molecule has 0 atom stereocenters. The van der Waals surface area contributed by atoms with Crippen molar-refractivity contribution in [1.82, 2.24) is 23.6 Å². The number of amides is 1. The molecule has 0 spiro atoms. The fourth-order valence-corrected chi connectivity index (χ4v) is 9.06. The van der Waals surface area contributed by atoms with Crippen LogP contribution in [0.3, 0.4) is 0 Å². The summed E-state index contributed by atoms with van der Waals surface area (Å²) in [5.41, 5.74) is 0.113. The van der Waals surface area contributed by atoms with Gasteiger partial charge >= 0.3 is 6.18 Å². The summed E-state index contributed by atoms with van der Waals surface area (Å²) in [7, 11) is -3.84. The zero-order valence-corrected chi connectivity index (χ0v) is 24.6. The van der Waals surface area contributed by atoms with Gasteiger partial charge in [-0.1, -0.05) is 17.7 Å². The van der Waals surface area contributed by atoms with Crippen molar-refractivity contribution >= 4 is 60.9 Å². The van der Waals surface area contributed by atoms with Gasteiger partial charge in [0.15, 0.2) is 15.1 Å². The van der Waals surface area contributed by atoms with E-state index in [4.69, 9.17) is 11.6 Å². The van der Waals surface area contributed by atoms with E-state index >= 15 is 0 Å². The highest BCUT2D eigenvalue weighted by molar-refractivity contribution is 7.89. The summed E-state index contributed by atoms with van der Waals surface area (Å²) >= 11 is 8.87. The highest BCUT2D eigenvalue weighted by atomic mass is 35.5. The maximum atomic E-state index is 13.3. The molecule has 6 rings (SSSR count). The molecule has 2 aliphatic heterocycles. The number of aromatic nitrogens is 3. The minimum absolute atomic E-state index is 0.0211. The van der Waals surface area contributed by atoms with Crippen LogP contribution in [0.25, 0.3) is 4.96 Å². The molecule has 2 aliphatic rings. The molecule has 0 saturated carbocycles. The molecule has 41 heavy (non-hydrogen) atoms. The van der Waals surface area contributed by atoms with Gasteiger partial charge in [-0.2, -0.15) is 17.5 Å². The molecule has 1 aromatic carbocycles. The van der Waals surface area contributed by atoms with Gasteiger partial charge in [-0.15, -0.1) is 22.7 Å². The van der Waals surface area contributed by atoms with E-state index < -0.39 is 21.8 Å². The summed E-state index contributed by atoms with van der Waals surface area (Å²) < 4.78 is 68.9. The smallest absolute Gasteiger partial charge is 0.368 e. The van der Waals surface area contributed by atoms with E-state index in [2.05, 4.69) is 9.97 Å². The number of carbonyl (C=O) groups excluding carboxylic acids is 1. The van der Waals surface area contributed by atoms with Crippen LogP contribution in [0.2, 0.25) is 5.15 Å². The van der Waals surface area contributed by atoms with Gasteiger partial charge in [-0.25, -0.2) is 18.4 Å². The van der Waals surface area contributed by atoms with Crippen LogP contribution in [0.4, 0.5) is 18.9 Å². The van der Waals surface area contributed by atoms with E-state index in [-0.39, 0.29) is 22.0 Å². The molecule has 0 radical (unpaired) electrons. The van der Waals surface area contributed by atoms with Crippen LogP contribution in [0.1, 0.15) is 39.8 Å². The van der Waals surface area contributed by atoms with E-state index in [0.717, 1.165) is 17.1 Å². The van der Waals surface area contributed by atoms with Gasteiger partial charge < -0.3 is 9.80 Å². The fourth-order valence-electron chi connectivity index (χ4n) is 5.22. The average molecular weight is 645 g/mol. The van der Waals surface area contributed by atoms with Crippen molar-refractivity contribution in [2.45, 2.75) is 30.0 Å². The number of hydrogen-bond donors (Lipinski definition) is 0. The Morgan fingerprint density at radius 2 is 1.76 bits per heavy atom. The molecule has 9 nitrogen and oxygen atoms in total. The Bertz CT molecular complexity index is 1690. The number of hydrogen-bond acceptors (Lipinski definition) is 8. The molecule has 16 heteroatoms. The van der Waals surface area contributed by atoms with Gasteiger partial charge in [0.05, 0.1) is 10.6 Å². The minimum Gasteiger partial charge on any atom is -0.368 e. The molecule has 0 unspecified atom stereocenters. The van der Waals surface area contributed by atoms with Gasteiger partial charge in [0.25, 0.3) is 15.9 Å². The maximum absolute atomic E-state index is 13.3. The average Bonchev–Trinajstić information content (AvgIpc) is 3.69. The molecule has 2 fully saturated rings. The number of carbonyl (C=O) groups is 1. The number of fused-ring (bicyclic) bond motifs is 1. The standard InChI is InChI=1S/C25H24ClF3N6O3S3/c26-20-23(35-12-13-39-24(35)31-20)41(37,38)34-6-4-16(5-7-34)21-30-19(15-40-21)22(36)33-10-8-32(9-11-33)18-3-1-2-17(14-18)25(27,28)29/h1-3,12-16H,4-11H2. The first-order chi connectivity index (χ1) is 19.5. The summed E-state index contributed by atoms with van der Waals surface area (Å²) in [6.45, 7) is 2.15. The molecule has 4 aromatic rings. The minimum atomic E-state index is -4.41. The Hall–Kier alpha value is -2.72. The Kier molecular flexibility index (Phi) is 7.51. The van der Waals surface area contributed by atoms with Gasteiger partial charge in [0.2, 0.25) is 0 Å². The number of piperazine rings is 1. The zero-order chi connectivity index (χ0) is 28.9. The van der Waals surface area contributed by atoms with Crippen molar-refractivity contribution in [2.24, 2.45) is 0 Å². The van der Waals surface area contributed by atoms with E-state index in [1.54, 1.807) is 27.9 Å². The Morgan fingerprint density at radius 1 is 1.02 bits per heavy atom. The predicted molar refractivity (Wildman–Crippen MR) is 150 cm³/mol. The molecule has 0 N–H and O–H groups in total. The van der Waals surface area contributed by atoms with E-state index in [9.17, 15) is 26.4 Å². The third-order valence-corrected chi connectivity index (χ3v) is 11.5. The molecule has 3 aromatic heterocycles. The highest BCUT2D eigenvalue weighted by Gasteiger charge is 2.36. The molecule has 1 amide bonds. The topological polar surface area (TPSA) is 91.1 Å². The highest BCUT2D eigenvalue weighted by Crippen LogP contribution is 2.35. The van der Waals surface area contributed by atoms with Crippen LogP contribution in [0, 0.1) is 0 Å². The number of rotatable bonds is 5. The van der Waals surface area contributed by atoms with E-state index in [1.807, 2.05) is 4.90 Å². The van der Waals surface area contributed by atoms with Gasteiger partial charge in [0.1, 0.15) is 5.69 Å². The predicted octanol–water partition coefficient (Wildman–Crippen LogP) is 5.06. The second-order valence-electron chi connectivity index (χ2n) is 9.84. The third kappa shape index (κ3) is 5.45. The number of alkyl halides is 3. The second kappa shape index (κ2) is 10.8. The number of benzene rings is 1. The quantitative estimate of drug-likeness (QED) is 0.302. The maximum Gasteiger partial charge on any atom is 0.416 e. The number of nitrogens with zero attached hydrogens (tertiary/aromatic N) is 6. The molecular formula is C25H24ClF3N6O3S3. The molecule has 218 valence electrons. The molecule has 2 saturated heterocycles. The monoisotopic (exact) mass is 644 g/mol. The zero-order valence-electron chi connectivity index (χ0n) is 21.4. The number of piperidine rings is 1. The van der Waals surface area contributed by atoms with Crippen LogP contribution in [-0.4, -0.2) is 77.2 Å². The Labute approximate surface area is 246 Å². The number of halogens is 4. The van der Waals surface area contributed by atoms with Crippen LogP contribution in [0.5, 0.6) is 0 Å². The van der Waals surface area contributed by atoms with Crippen molar-refractivity contribution in [2.75, 3.05) is 44.2 Å². The lowest BCUT2D eigenvalue weighted by Gasteiger charge is -2.36. The van der Waals surface area contributed by atoms with Crippen molar-refractivity contribution < 1.29 is 26.4 Å². The van der Waals surface area contributed by atoms with Gasteiger partial charge in [-0.05, 0) is 31.0 Å². The summed E-state index contributed by atoms with van der Waals surface area (Å²) in [5.74, 6) is -0.195.